The van der Waals surface area contributed by atoms with Crippen molar-refractivity contribution in [2.45, 2.75) is 65.0 Å². The molecular weight excluding hydrogens is 597 g/mol. The molecule has 0 saturated heterocycles. The standard InChI is InChI=1S/C26H28N3O3.Pt/c1-16-12-17-6-7-20(28-22(17)19(30)13-16)31-21-14-18(8-11-27-21)23-29-25(4)15-24(2,3)9-10-26(25,5)32-23;/h6-8,11-13,30H,9-10,15H2,1-5H3;/q-1;/t25-,26-;/m0./s1. The SMILES string of the molecule is Cc1cc(O)c2nc(Oc3[c-]c(C4=N[C@@]5(C)CC(C)(C)CC[C@]5(C)O4)ccn3)ccc2c1.[Pt]. The molecule has 1 aliphatic carbocycles. The van der Waals surface area contributed by atoms with Gasteiger partial charge in [-0.2, -0.15) is 0 Å². The summed E-state index contributed by atoms with van der Waals surface area (Å²) in [6, 6.07) is 12.3. The van der Waals surface area contributed by atoms with Gasteiger partial charge in [0.05, 0.1) is 5.54 Å². The second-order valence-electron chi connectivity index (χ2n) is 10.3. The molecule has 33 heavy (non-hydrogen) atoms. The Balaban J connectivity index is 0.00000259. The molecule has 0 bridgehead atoms. The van der Waals surface area contributed by atoms with Crippen molar-refractivity contribution < 1.29 is 35.6 Å². The van der Waals surface area contributed by atoms with E-state index in [-0.39, 0.29) is 49.2 Å². The van der Waals surface area contributed by atoms with Gasteiger partial charge >= 0.3 is 0 Å². The minimum atomic E-state index is -0.328. The summed E-state index contributed by atoms with van der Waals surface area (Å²) in [7, 11) is 0. The Labute approximate surface area is 208 Å². The molecule has 1 N–H and O–H groups in total. The quantitative estimate of drug-likeness (QED) is 0.376. The zero-order valence-corrected chi connectivity index (χ0v) is 21.8. The van der Waals surface area contributed by atoms with Crippen molar-refractivity contribution >= 4 is 16.8 Å². The summed E-state index contributed by atoms with van der Waals surface area (Å²) in [6.07, 6.45) is 4.70. The van der Waals surface area contributed by atoms with E-state index >= 15 is 0 Å². The third-order valence-electron chi connectivity index (χ3n) is 6.91. The zero-order valence-electron chi connectivity index (χ0n) is 19.5. The number of phenolic OH excluding ortho intramolecular Hbond substituents is 1. The molecule has 2 aliphatic rings. The van der Waals surface area contributed by atoms with Crippen LogP contribution in [0.5, 0.6) is 17.5 Å². The number of nitrogens with zero attached hydrogens (tertiary/aromatic N) is 3. The van der Waals surface area contributed by atoms with Crippen LogP contribution in [0.15, 0.2) is 41.5 Å². The number of aryl methyl sites for hydroxylation is 1. The number of rotatable bonds is 3. The predicted molar refractivity (Wildman–Crippen MR) is 123 cm³/mol. The maximum atomic E-state index is 10.2. The van der Waals surface area contributed by atoms with Gasteiger partial charge in [-0.15, -0.1) is 17.7 Å². The molecule has 5 rings (SSSR count). The number of fused-ring (bicyclic) bond motifs is 2. The number of pyridine rings is 2. The minimum Gasteiger partial charge on any atom is -0.527 e. The number of ether oxygens (including phenoxy) is 2. The van der Waals surface area contributed by atoms with E-state index in [0.717, 1.165) is 30.2 Å². The van der Waals surface area contributed by atoms with Crippen LogP contribution in [-0.2, 0) is 25.8 Å². The van der Waals surface area contributed by atoms with Gasteiger partial charge in [-0.1, -0.05) is 13.8 Å². The van der Waals surface area contributed by atoms with Crippen LogP contribution in [0.2, 0.25) is 0 Å². The van der Waals surface area contributed by atoms with Crippen LogP contribution in [0.3, 0.4) is 0 Å². The zero-order chi connectivity index (χ0) is 22.7. The third-order valence-corrected chi connectivity index (χ3v) is 6.91. The number of benzene rings is 1. The normalized spacial score (nSPS) is 25.5. The van der Waals surface area contributed by atoms with Gasteiger partial charge < -0.3 is 19.6 Å². The molecule has 176 valence electrons. The Morgan fingerprint density at radius 1 is 1.09 bits per heavy atom. The van der Waals surface area contributed by atoms with E-state index in [0.29, 0.717) is 22.9 Å². The maximum Gasteiger partial charge on any atom is 0.220 e. The van der Waals surface area contributed by atoms with Crippen molar-refractivity contribution in [2.75, 3.05) is 0 Å². The summed E-state index contributed by atoms with van der Waals surface area (Å²) in [5.74, 6) is 1.32. The number of aromatic hydroxyl groups is 1. The molecule has 0 radical (unpaired) electrons. The monoisotopic (exact) mass is 625 g/mol. The van der Waals surface area contributed by atoms with Crippen LogP contribution in [0.25, 0.3) is 10.9 Å². The minimum absolute atomic E-state index is 0. The van der Waals surface area contributed by atoms with Crippen molar-refractivity contribution in [3.63, 3.8) is 0 Å². The molecule has 3 aromatic rings. The number of aliphatic imine (C=N–C) groups is 1. The molecule has 7 heteroatoms. The van der Waals surface area contributed by atoms with Crippen LogP contribution in [0, 0.1) is 18.4 Å². The molecule has 0 amide bonds. The molecule has 3 heterocycles. The smallest absolute Gasteiger partial charge is 0.220 e. The van der Waals surface area contributed by atoms with Crippen molar-refractivity contribution in [1.82, 2.24) is 9.97 Å². The summed E-state index contributed by atoms with van der Waals surface area (Å²) in [5.41, 5.74) is 1.79. The number of hydrogen-bond donors (Lipinski definition) is 1. The van der Waals surface area contributed by atoms with E-state index in [1.54, 1.807) is 18.3 Å². The van der Waals surface area contributed by atoms with Gasteiger partial charge in [-0.25, -0.2) is 9.97 Å². The molecule has 2 aromatic heterocycles. The Morgan fingerprint density at radius 3 is 2.67 bits per heavy atom. The van der Waals surface area contributed by atoms with Crippen molar-refractivity contribution in [2.24, 2.45) is 10.4 Å². The van der Waals surface area contributed by atoms with Crippen molar-refractivity contribution in [1.29, 1.82) is 0 Å². The van der Waals surface area contributed by atoms with Crippen molar-refractivity contribution in [3.05, 3.63) is 53.7 Å². The van der Waals surface area contributed by atoms with E-state index in [1.165, 1.54) is 0 Å². The average molecular weight is 626 g/mol. The second-order valence-corrected chi connectivity index (χ2v) is 10.3. The predicted octanol–water partition coefficient (Wildman–Crippen LogP) is 5.74. The van der Waals surface area contributed by atoms with E-state index in [2.05, 4.69) is 43.7 Å². The summed E-state index contributed by atoms with van der Waals surface area (Å²) in [5, 5.41) is 11.1. The molecule has 1 saturated carbocycles. The number of phenols is 1. The molecule has 2 atom stereocenters. The van der Waals surface area contributed by atoms with Gasteiger partial charge in [-0.3, -0.25) is 0 Å². The average Bonchev–Trinajstić information content (AvgIpc) is 2.98. The van der Waals surface area contributed by atoms with E-state index in [1.807, 2.05) is 25.1 Å². The fraction of sp³-hybridized carbons (Fsp3) is 0.423. The van der Waals surface area contributed by atoms with Crippen LogP contribution < -0.4 is 4.74 Å². The first-order chi connectivity index (χ1) is 15.1. The van der Waals surface area contributed by atoms with Crippen LogP contribution in [-0.4, -0.2) is 32.1 Å². The van der Waals surface area contributed by atoms with Gasteiger partial charge in [0.25, 0.3) is 0 Å². The van der Waals surface area contributed by atoms with Gasteiger partial charge in [0.2, 0.25) is 5.88 Å². The van der Waals surface area contributed by atoms with Crippen LogP contribution in [0.4, 0.5) is 0 Å². The van der Waals surface area contributed by atoms with E-state index < -0.39 is 0 Å². The Bertz CT molecular complexity index is 1260. The van der Waals surface area contributed by atoms with Gasteiger partial charge in [-0.05, 0) is 75.4 Å². The third kappa shape index (κ3) is 4.26. The summed E-state index contributed by atoms with van der Waals surface area (Å²) in [6.45, 7) is 10.9. The Kier molecular flexibility index (Phi) is 5.81. The first-order valence-corrected chi connectivity index (χ1v) is 11.0. The van der Waals surface area contributed by atoms with Crippen LogP contribution in [0.1, 0.15) is 58.1 Å². The van der Waals surface area contributed by atoms with Gasteiger partial charge in [0, 0.05) is 32.5 Å². The van der Waals surface area contributed by atoms with Crippen molar-refractivity contribution in [3.8, 4) is 17.5 Å². The molecule has 1 aromatic carbocycles. The fourth-order valence-corrected chi connectivity index (χ4v) is 4.99. The molecular formula is C26H28N3O3Pt-. The second kappa shape index (κ2) is 8.09. The Hall–Kier alpha value is -2.46. The first kappa shape index (κ1) is 23.7. The van der Waals surface area contributed by atoms with Crippen LogP contribution >= 0.6 is 0 Å². The van der Waals surface area contributed by atoms with E-state index in [9.17, 15) is 5.11 Å². The number of hydrogen-bond acceptors (Lipinski definition) is 6. The maximum absolute atomic E-state index is 10.2. The summed E-state index contributed by atoms with van der Waals surface area (Å²) < 4.78 is 12.3. The summed E-state index contributed by atoms with van der Waals surface area (Å²) in [4.78, 5) is 13.7. The summed E-state index contributed by atoms with van der Waals surface area (Å²) >= 11 is 0. The molecule has 0 spiro atoms. The molecule has 1 fully saturated rings. The molecule has 6 nitrogen and oxygen atoms in total. The fourth-order valence-electron chi connectivity index (χ4n) is 4.99. The largest absolute Gasteiger partial charge is 0.527 e. The number of aromatic nitrogens is 2. The molecule has 1 aliphatic heterocycles. The topological polar surface area (TPSA) is 76.8 Å². The van der Waals surface area contributed by atoms with Gasteiger partial charge in [0.1, 0.15) is 22.8 Å². The van der Waals surface area contributed by atoms with E-state index in [4.69, 9.17) is 14.5 Å². The Morgan fingerprint density at radius 2 is 1.88 bits per heavy atom. The molecule has 0 unspecified atom stereocenters. The van der Waals surface area contributed by atoms with Gasteiger partial charge in [0.15, 0.2) is 5.88 Å². The first-order valence-electron chi connectivity index (χ1n) is 11.0.